The van der Waals surface area contributed by atoms with Crippen molar-refractivity contribution in [2.75, 3.05) is 0 Å². The Hall–Kier alpha value is -12.4. The summed E-state index contributed by atoms with van der Waals surface area (Å²) in [7, 11) is -3.37. The number of carbonyl (C=O) groups is 1. The summed E-state index contributed by atoms with van der Waals surface area (Å²) in [6.07, 6.45) is -11.1. The molecular formula is C113H114F6O4S2. The molecule has 0 fully saturated rings. The number of hydrogen-bond acceptors (Lipinski definition) is 5. The lowest BCUT2D eigenvalue weighted by atomic mass is 9.72. The van der Waals surface area contributed by atoms with Crippen molar-refractivity contribution < 1.29 is 44.3 Å². The van der Waals surface area contributed by atoms with Gasteiger partial charge in [-0.2, -0.15) is 26.3 Å². The second-order valence-electron chi connectivity index (χ2n) is 32.4. The van der Waals surface area contributed by atoms with Crippen molar-refractivity contribution in [3.8, 4) is 22.6 Å². The van der Waals surface area contributed by atoms with Crippen LogP contribution in [0.15, 0.2) is 384 Å². The lowest BCUT2D eigenvalue weighted by Gasteiger charge is -2.38. The van der Waals surface area contributed by atoms with Crippen LogP contribution in [-0.2, 0) is 20.7 Å². The van der Waals surface area contributed by atoms with Crippen LogP contribution < -0.4 is 4.74 Å². The van der Waals surface area contributed by atoms with Crippen LogP contribution >= 0.6 is 11.8 Å². The van der Waals surface area contributed by atoms with Crippen molar-refractivity contribution in [2.24, 2.45) is 0 Å². The Morgan fingerprint density at radius 2 is 0.416 bits per heavy atom. The number of benzene rings is 15. The SMILES string of the molecule is Cc1ccc(-c2ccc(C)cc2)cc1.Cc1ccc(C(=O)c2ccc(C)cc2)cc1.Cc1ccc(C(C)(C)c2ccc(C)cc2)cc1.Cc1ccc(C(c2ccc(C)cc2)(C(F)(F)F)C(F)(F)F)cc1.Cc1ccc(C)cc1.Cc1ccc(Oc2ccc(C)cc2)cc1.Cc1ccc(S(=O)(=O)c2ccc(C)cc2)cc1.Cc1ccc(Sc2ccc(C)cc2)cc1. The zero-order chi connectivity index (χ0) is 91.2. The van der Waals surface area contributed by atoms with Gasteiger partial charge in [-0.25, -0.2) is 8.42 Å². The topological polar surface area (TPSA) is 60.4 Å². The zero-order valence-electron chi connectivity index (χ0n) is 74.9. The first-order chi connectivity index (χ1) is 59.2. The van der Waals surface area contributed by atoms with Gasteiger partial charge in [-0.1, -0.05) is 406 Å². The van der Waals surface area contributed by atoms with Crippen LogP contribution in [0.5, 0.6) is 11.5 Å². The summed E-state index contributed by atoms with van der Waals surface area (Å²) in [5, 5.41) is 0. The summed E-state index contributed by atoms with van der Waals surface area (Å²) in [5.74, 6) is 1.84. The molecule has 0 saturated heterocycles. The fraction of sp³-hybridized carbons (Fsp3) is 0.195. The minimum atomic E-state index is -5.53. The summed E-state index contributed by atoms with van der Waals surface area (Å²) in [5.41, 5.74) is 19.7. The van der Waals surface area contributed by atoms with Gasteiger partial charge in [-0.05, 0) is 217 Å². The van der Waals surface area contributed by atoms with Gasteiger partial charge in [0, 0.05) is 26.3 Å². The fourth-order valence-corrected chi connectivity index (χ4v) is 14.7. The van der Waals surface area contributed by atoms with Crippen molar-refractivity contribution >= 4 is 27.4 Å². The first-order valence-corrected chi connectivity index (χ1v) is 43.8. The maximum absolute atomic E-state index is 13.7. The monoisotopic (exact) mass is 1710 g/mol. The third-order valence-electron chi connectivity index (χ3n) is 20.9. The van der Waals surface area contributed by atoms with E-state index in [0.29, 0.717) is 20.9 Å². The number of aryl methyl sites for hydroxylation is 16. The number of carbonyl (C=O) groups excluding carboxylic acids is 1. The van der Waals surface area contributed by atoms with Crippen molar-refractivity contribution in [2.45, 2.75) is 167 Å². The Labute approximate surface area is 743 Å². The maximum atomic E-state index is 13.7. The Morgan fingerprint density at radius 3 is 0.640 bits per heavy atom. The van der Waals surface area contributed by atoms with E-state index in [0.717, 1.165) is 58.0 Å². The first kappa shape index (κ1) is 98.1. The van der Waals surface area contributed by atoms with Gasteiger partial charge in [0.2, 0.25) is 15.3 Å². The van der Waals surface area contributed by atoms with Crippen molar-refractivity contribution in [1.82, 2.24) is 0 Å². The van der Waals surface area contributed by atoms with E-state index in [4.69, 9.17) is 4.74 Å². The van der Waals surface area contributed by atoms with Crippen LogP contribution in [-0.4, -0.2) is 26.6 Å². The predicted molar refractivity (Wildman–Crippen MR) is 510 cm³/mol. The fourth-order valence-electron chi connectivity index (χ4n) is 12.7. The van der Waals surface area contributed by atoms with E-state index in [-0.39, 0.29) is 11.2 Å². The molecule has 125 heavy (non-hydrogen) atoms. The normalized spacial score (nSPS) is 11.0. The van der Waals surface area contributed by atoms with Gasteiger partial charge < -0.3 is 4.74 Å². The largest absolute Gasteiger partial charge is 0.457 e. The second kappa shape index (κ2) is 45.9. The Balaban J connectivity index is 0.000000179. The average Bonchev–Trinajstić information content (AvgIpc) is 0.716. The lowest BCUT2D eigenvalue weighted by molar-refractivity contribution is -0.288. The van der Waals surface area contributed by atoms with E-state index in [2.05, 4.69) is 253 Å². The molecule has 15 aromatic carbocycles. The average molecular weight is 1710 g/mol. The van der Waals surface area contributed by atoms with Gasteiger partial charge in [-0.15, -0.1) is 0 Å². The molecule has 0 saturated carbocycles. The molecule has 0 heterocycles. The van der Waals surface area contributed by atoms with Crippen LogP contribution in [0, 0.1) is 111 Å². The molecule has 0 radical (unpaired) electrons. The van der Waals surface area contributed by atoms with Gasteiger partial charge in [0.05, 0.1) is 9.79 Å². The molecule has 0 aliphatic rings. The van der Waals surface area contributed by atoms with E-state index in [1.54, 1.807) is 74.1 Å². The summed E-state index contributed by atoms with van der Waals surface area (Å²) in [4.78, 5) is 15.3. The predicted octanol–water partition coefficient (Wildman–Crippen LogP) is 31.8. The number of hydrogen-bond donors (Lipinski definition) is 0. The molecule has 644 valence electrons. The molecule has 0 spiro atoms. The Kier molecular flexibility index (Phi) is 36.0. The Morgan fingerprint density at radius 1 is 0.240 bits per heavy atom. The number of ketones is 1. The third kappa shape index (κ3) is 30.0. The van der Waals surface area contributed by atoms with E-state index >= 15 is 0 Å². The molecule has 0 N–H and O–H groups in total. The summed E-state index contributed by atoms with van der Waals surface area (Å²) < 4.78 is 113. The molecule has 0 atom stereocenters. The smallest absolute Gasteiger partial charge is 0.411 e. The number of halogens is 6. The second-order valence-corrected chi connectivity index (χ2v) is 35.5. The molecule has 4 nitrogen and oxygen atoms in total. The first-order valence-electron chi connectivity index (χ1n) is 41.5. The van der Waals surface area contributed by atoms with Gasteiger partial charge in [0.25, 0.3) is 0 Å². The molecule has 0 unspecified atom stereocenters. The van der Waals surface area contributed by atoms with Gasteiger partial charge >= 0.3 is 12.4 Å². The molecule has 15 aromatic rings. The molecule has 15 rings (SSSR count). The minimum absolute atomic E-state index is 0.0708. The minimum Gasteiger partial charge on any atom is -0.457 e. The van der Waals surface area contributed by atoms with E-state index < -0.39 is 38.7 Å². The van der Waals surface area contributed by atoms with Crippen LogP contribution in [0.2, 0.25) is 0 Å². The summed E-state index contributed by atoms with van der Waals surface area (Å²) >= 11 is 1.80. The number of alkyl halides is 6. The van der Waals surface area contributed by atoms with Gasteiger partial charge in [0.15, 0.2) is 5.78 Å². The third-order valence-corrected chi connectivity index (χ3v) is 23.7. The van der Waals surface area contributed by atoms with Crippen molar-refractivity contribution in [3.05, 3.63) is 486 Å². The van der Waals surface area contributed by atoms with Crippen molar-refractivity contribution in [1.29, 1.82) is 0 Å². The summed E-state index contributed by atoms with van der Waals surface area (Å²) in [6, 6.07) is 114. The summed E-state index contributed by atoms with van der Waals surface area (Å²) in [6.45, 7) is 36.7. The standard InChI is InChI=1S/C17H14F6.C17H20.C15H14O.C14H14O2S.C14H14O.C14H14S.C14H14.C8H10/c1-11-3-7-13(8-4-11)15(16(18,19)20,17(21,22)23)14-9-5-12(2)6-10-14;1-13-5-9-15(10-6-13)17(3,4)16-11-7-14(2)8-12-16;1-11-3-7-13(8-4-11)15(16)14-9-5-12(2)6-10-14;1-11-3-7-13(8-4-11)17(15,16)14-9-5-12(2)6-10-14;2*1-11-3-7-13(8-4-11)15-14-9-5-12(2)6-10-14;1-11-3-7-13(8-4-11)14-9-5-12(2)6-10-14;1-7-3-5-8(2)6-4-7/h3-10H,1-2H3;5-12H,1-4H3;3-10H,1-2H3;3-10H,1-2H3;2*3-10H,1-2H3;3-10H,1-2H3;3-6H,1-2H3. The highest BCUT2D eigenvalue weighted by Crippen LogP contribution is 2.56. The zero-order valence-corrected chi connectivity index (χ0v) is 76.5. The van der Waals surface area contributed by atoms with E-state index in [1.807, 2.05) is 125 Å². The highest BCUT2D eigenvalue weighted by atomic mass is 32.2. The van der Waals surface area contributed by atoms with Crippen LogP contribution in [0.25, 0.3) is 11.1 Å². The lowest BCUT2D eigenvalue weighted by Crippen LogP contribution is -2.54. The maximum Gasteiger partial charge on any atom is 0.411 e. The van der Waals surface area contributed by atoms with E-state index in [1.165, 1.54) is 123 Å². The highest BCUT2D eigenvalue weighted by Gasteiger charge is 2.72. The molecule has 12 heteroatoms. The quantitative estimate of drug-likeness (QED) is 0.0850. The van der Waals surface area contributed by atoms with Crippen molar-refractivity contribution in [3.63, 3.8) is 0 Å². The molecule has 0 amide bonds. The number of ether oxygens (including phenoxy) is 1. The Bertz CT molecular complexity index is 5450. The van der Waals surface area contributed by atoms with Gasteiger partial charge in [-0.3, -0.25) is 4.79 Å². The molecule has 0 aliphatic heterocycles. The molecule has 0 bridgehead atoms. The van der Waals surface area contributed by atoms with E-state index in [9.17, 15) is 39.6 Å². The highest BCUT2D eigenvalue weighted by molar-refractivity contribution is 7.99. The van der Waals surface area contributed by atoms with Crippen LogP contribution in [0.1, 0.15) is 141 Å². The van der Waals surface area contributed by atoms with Crippen LogP contribution in [0.4, 0.5) is 26.3 Å². The van der Waals surface area contributed by atoms with Gasteiger partial charge in [0.1, 0.15) is 11.5 Å². The number of rotatable bonds is 13. The molecular weight excluding hydrogens is 1600 g/mol. The molecule has 0 aliphatic carbocycles. The number of sulfone groups is 1. The van der Waals surface area contributed by atoms with Crippen LogP contribution in [0.3, 0.4) is 0 Å². The molecule has 0 aromatic heterocycles.